The quantitative estimate of drug-likeness (QED) is 0.489. The number of nitrogens with zero attached hydrogens (tertiary/aromatic N) is 1. The van der Waals surface area contributed by atoms with Gasteiger partial charge in [-0.3, -0.25) is 0 Å². The van der Waals surface area contributed by atoms with Crippen LogP contribution in [0.5, 0.6) is 0 Å². The number of aliphatic hydroxyl groups excluding tert-OH is 1. The molecule has 2 unspecified atom stereocenters. The molecule has 1 aliphatic rings. The smallest absolute Gasteiger partial charge is 0.0693 e. The molecule has 0 bridgehead atoms. The summed E-state index contributed by atoms with van der Waals surface area (Å²) in [5, 5.41) is 19.2. The molecule has 1 rings (SSSR count). The van der Waals surface area contributed by atoms with Gasteiger partial charge in [0.25, 0.3) is 0 Å². The maximum absolute atomic E-state index is 9.05. The lowest BCUT2D eigenvalue weighted by atomic mass is 10.00. The largest absolute Gasteiger partial charge is 0.392 e. The molecule has 0 saturated carbocycles. The Morgan fingerprint density at radius 3 is 2.56 bits per heavy atom. The van der Waals surface area contributed by atoms with E-state index in [9.17, 15) is 0 Å². The minimum absolute atomic E-state index is 0.334. The molecule has 1 saturated heterocycles. The van der Waals surface area contributed by atoms with E-state index in [1.807, 2.05) is 6.92 Å². The zero-order chi connectivity index (χ0) is 6.85. The van der Waals surface area contributed by atoms with Crippen LogP contribution >= 0.6 is 0 Å². The second-order valence-electron chi connectivity index (χ2n) is 2.87. The monoisotopic (exact) mass is 131 g/mol. The summed E-state index contributed by atoms with van der Waals surface area (Å²) in [6.45, 7) is 3.12. The molecule has 0 aromatic rings. The first-order valence-electron chi connectivity index (χ1n) is 3.30. The van der Waals surface area contributed by atoms with Crippen LogP contribution in [0.1, 0.15) is 13.3 Å². The van der Waals surface area contributed by atoms with Crippen LogP contribution in [0.3, 0.4) is 0 Å². The van der Waals surface area contributed by atoms with Crippen molar-refractivity contribution in [2.24, 2.45) is 5.92 Å². The van der Waals surface area contributed by atoms with Crippen molar-refractivity contribution >= 4 is 0 Å². The van der Waals surface area contributed by atoms with Gasteiger partial charge in [0.1, 0.15) is 0 Å². The summed E-state index contributed by atoms with van der Waals surface area (Å²) in [5.74, 6) is 0.416. The fourth-order valence-corrected chi connectivity index (χ4v) is 1.29. The van der Waals surface area contributed by atoms with Gasteiger partial charge in [-0.2, -0.15) is 5.06 Å². The van der Waals surface area contributed by atoms with Crippen LogP contribution in [-0.4, -0.2) is 34.6 Å². The van der Waals surface area contributed by atoms with E-state index in [1.165, 1.54) is 5.06 Å². The number of β-amino-alcohol motifs (C(OH)–C–C–N with tert-alkyl or cyclic N) is 1. The van der Waals surface area contributed by atoms with Crippen molar-refractivity contribution in [3.8, 4) is 0 Å². The molecule has 0 aliphatic carbocycles. The fraction of sp³-hybridized carbons (Fsp3) is 1.00. The highest BCUT2D eigenvalue weighted by atomic mass is 16.5. The van der Waals surface area contributed by atoms with Crippen molar-refractivity contribution in [3.63, 3.8) is 0 Å². The number of piperidine rings is 1. The number of hydrogen-bond acceptors (Lipinski definition) is 3. The first-order valence-corrected chi connectivity index (χ1v) is 3.30. The lowest BCUT2D eigenvalue weighted by Crippen LogP contribution is -2.40. The highest BCUT2D eigenvalue weighted by Gasteiger charge is 2.20. The minimum atomic E-state index is -0.334. The molecule has 1 heterocycles. The van der Waals surface area contributed by atoms with Crippen LogP contribution < -0.4 is 0 Å². The Morgan fingerprint density at radius 2 is 2.11 bits per heavy atom. The molecule has 1 aliphatic heterocycles. The van der Waals surface area contributed by atoms with Gasteiger partial charge in [0.15, 0.2) is 0 Å². The van der Waals surface area contributed by atoms with Crippen molar-refractivity contribution in [3.05, 3.63) is 0 Å². The highest BCUT2D eigenvalue weighted by molar-refractivity contribution is 4.70. The van der Waals surface area contributed by atoms with Gasteiger partial charge in [-0.1, -0.05) is 6.92 Å². The topological polar surface area (TPSA) is 43.7 Å². The third kappa shape index (κ3) is 1.93. The summed E-state index contributed by atoms with van der Waals surface area (Å²) in [4.78, 5) is 0. The predicted octanol–water partition coefficient (Wildman–Crippen LogP) is 0.0783. The van der Waals surface area contributed by atoms with Crippen LogP contribution in [-0.2, 0) is 0 Å². The van der Waals surface area contributed by atoms with E-state index in [2.05, 4.69) is 0 Å². The molecule has 3 nitrogen and oxygen atoms in total. The van der Waals surface area contributed by atoms with Gasteiger partial charge < -0.3 is 10.3 Å². The Hall–Kier alpha value is -0.120. The molecule has 0 aromatic heterocycles. The Balaban J connectivity index is 2.34. The average molecular weight is 131 g/mol. The first kappa shape index (κ1) is 6.99. The molecular formula is C6H13NO2. The maximum Gasteiger partial charge on any atom is 0.0693 e. The Bertz CT molecular complexity index is 72.0. The lowest BCUT2D eigenvalue weighted by molar-refractivity contribution is -0.145. The number of hydroxylamine groups is 2. The predicted molar refractivity (Wildman–Crippen MR) is 33.1 cm³/mol. The third-order valence-corrected chi connectivity index (χ3v) is 1.62. The highest BCUT2D eigenvalue weighted by Crippen LogP contribution is 2.13. The van der Waals surface area contributed by atoms with Crippen LogP contribution in [0.15, 0.2) is 0 Å². The first-order chi connectivity index (χ1) is 4.18. The van der Waals surface area contributed by atoms with E-state index < -0.39 is 0 Å². The molecule has 9 heavy (non-hydrogen) atoms. The minimum Gasteiger partial charge on any atom is -0.392 e. The van der Waals surface area contributed by atoms with Crippen molar-refractivity contribution < 1.29 is 10.3 Å². The number of aliphatic hydroxyl groups is 1. The SMILES string of the molecule is CC1CC(O)CN(O)C1. The van der Waals surface area contributed by atoms with E-state index >= 15 is 0 Å². The molecule has 0 radical (unpaired) electrons. The number of rotatable bonds is 0. The zero-order valence-electron chi connectivity index (χ0n) is 5.62. The van der Waals surface area contributed by atoms with Gasteiger partial charge in [-0.25, -0.2) is 0 Å². The molecule has 0 aromatic carbocycles. The molecule has 1 fully saturated rings. The van der Waals surface area contributed by atoms with Crippen LogP contribution in [0, 0.1) is 5.92 Å². The standard InChI is InChI=1S/C6H13NO2/c1-5-2-6(8)4-7(9)3-5/h5-6,8-9H,2-4H2,1H3. The van der Waals surface area contributed by atoms with E-state index in [4.69, 9.17) is 10.3 Å². The van der Waals surface area contributed by atoms with Gasteiger partial charge in [0.05, 0.1) is 6.10 Å². The van der Waals surface area contributed by atoms with Gasteiger partial charge in [-0.05, 0) is 12.3 Å². The van der Waals surface area contributed by atoms with E-state index in [0.717, 1.165) is 6.42 Å². The molecule has 0 spiro atoms. The summed E-state index contributed by atoms with van der Waals surface area (Å²) in [7, 11) is 0. The van der Waals surface area contributed by atoms with E-state index in [-0.39, 0.29) is 6.10 Å². The normalized spacial score (nSPS) is 39.0. The van der Waals surface area contributed by atoms with E-state index in [0.29, 0.717) is 19.0 Å². The molecule has 2 N–H and O–H groups in total. The van der Waals surface area contributed by atoms with Crippen molar-refractivity contribution in [2.45, 2.75) is 19.4 Å². The van der Waals surface area contributed by atoms with Crippen LogP contribution in [0.2, 0.25) is 0 Å². The summed E-state index contributed by atoms with van der Waals surface area (Å²) in [6.07, 6.45) is 0.482. The van der Waals surface area contributed by atoms with Crippen molar-refractivity contribution in [2.75, 3.05) is 13.1 Å². The maximum atomic E-state index is 9.05. The summed E-state index contributed by atoms with van der Waals surface area (Å²) in [6, 6.07) is 0. The fourth-order valence-electron chi connectivity index (χ4n) is 1.29. The summed E-state index contributed by atoms with van der Waals surface area (Å²) < 4.78 is 0. The average Bonchev–Trinajstić information content (AvgIpc) is 1.59. The summed E-state index contributed by atoms with van der Waals surface area (Å²) in [5.41, 5.74) is 0. The number of hydrogen-bond donors (Lipinski definition) is 2. The molecule has 54 valence electrons. The van der Waals surface area contributed by atoms with E-state index in [1.54, 1.807) is 0 Å². The van der Waals surface area contributed by atoms with Crippen LogP contribution in [0.25, 0.3) is 0 Å². The molecule has 0 amide bonds. The Morgan fingerprint density at radius 1 is 1.44 bits per heavy atom. The Kier molecular flexibility index (Phi) is 2.05. The summed E-state index contributed by atoms with van der Waals surface area (Å²) >= 11 is 0. The lowest BCUT2D eigenvalue weighted by Gasteiger charge is -2.29. The molecule has 3 heteroatoms. The van der Waals surface area contributed by atoms with Crippen molar-refractivity contribution in [1.82, 2.24) is 5.06 Å². The third-order valence-electron chi connectivity index (χ3n) is 1.62. The van der Waals surface area contributed by atoms with Gasteiger partial charge >= 0.3 is 0 Å². The molecular weight excluding hydrogens is 118 g/mol. The second-order valence-corrected chi connectivity index (χ2v) is 2.87. The van der Waals surface area contributed by atoms with Crippen molar-refractivity contribution in [1.29, 1.82) is 0 Å². The second kappa shape index (κ2) is 2.64. The van der Waals surface area contributed by atoms with Gasteiger partial charge in [0.2, 0.25) is 0 Å². The van der Waals surface area contributed by atoms with Gasteiger partial charge in [0, 0.05) is 13.1 Å². The zero-order valence-corrected chi connectivity index (χ0v) is 5.62. The Labute approximate surface area is 54.9 Å². The van der Waals surface area contributed by atoms with Crippen LogP contribution in [0.4, 0.5) is 0 Å². The molecule has 2 atom stereocenters. The van der Waals surface area contributed by atoms with Gasteiger partial charge in [-0.15, -0.1) is 0 Å².